The molecule has 0 amide bonds. The normalized spacial score (nSPS) is 14.7. The van der Waals surface area contributed by atoms with Gasteiger partial charge in [0, 0.05) is 13.7 Å². The maximum absolute atomic E-state index is 8.83. The molecule has 0 saturated carbocycles. The molecule has 0 fully saturated rings. The molecule has 3 nitrogen and oxygen atoms in total. The molecule has 1 aliphatic rings. The van der Waals surface area contributed by atoms with Crippen molar-refractivity contribution in [1.82, 2.24) is 0 Å². The molecule has 0 saturated heterocycles. The molecule has 1 heterocycles. The van der Waals surface area contributed by atoms with Crippen LogP contribution >= 0.6 is 0 Å². The van der Waals surface area contributed by atoms with Crippen LogP contribution in [-0.2, 0) is 6.42 Å². The first-order valence-electron chi connectivity index (χ1n) is 5.39. The van der Waals surface area contributed by atoms with Gasteiger partial charge < -0.3 is 14.7 Å². The van der Waals surface area contributed by atoms with Gasteiger partial charge in [0.1, 0.15) is 12.4 Å². The molecule has 0 aliphatic carbocycles. The maximum Gasteiger partial charge on any atom is 0.145 e. The Hall–Kier alpha value is -1.22. The molecule has 2 rings (SSSR count). The van der Waals surface area contributed by atoms with E-state index in [9.17, 15) is 0 Å². The first-order valence-corrected chi connectivity index (χ1v) is 5.39. The number of benzene rings is 1. The van der Waals surface area contributed by atoms with E-state index in [2.05, 4.69) is 30.1 Å². The van der Waals surface area contributed by atoms with Crippen molar-refractivity contribution < 1.29 is 9.84 Å². The average Bonchev–Trinajstić information content (AvgIpc) is 2.27. The van der Waals surface area contributed by atoms with Gasteiger partial charge in [-0.3, -0.25) is 0 Å². The van der Waals surface area contributed by atoms with E-state index in [-0.39, 0.29) is 6.61 Å². The highest BCUT2D eigenvalue weighted by atomic mass is 16.5. The maximum atomic E-state index is 8.83. The zero-order valence-corrected chi connectivity index (χ0v) is 9.07. The topological polar surface area (TPSA) is 32.7 Å². The summed E-state index contributed by atoms with van der Waals surface area (Å²) >= 11 is 0. The van der Waals surface area contributed by atoms with Crippen molar-refractivity contribution in [2.24, 2.45) is 0 Å². The van der Waals surface area contributed by atoms with Crippen LogP contribution in [0.2, 0.25) is 0 Å². The minimum atomic E-state index is 0.236. The highest BCUT2D eigenvalue weighted by Gasteiger charge is 2.17. The van der Waals surface area contributed by atoms with Crippen LogP contribution in [-0.4, -0.2) is 31.9 Å². The largest absolute Gasteiger partial charge is 0.489 e. The van der Waals surface area contributed by atoms with E-state index in [4.69, 9.17) is 9.84 Å². The van der Waals surface area contributed by atoms with Gasteiger partial charge in [0.25, 0.3) is 0 Å². The molecular weight excluding hydrogens is 190 g/mol. The highest BCUT2D eigenvalue weighted by molar-refractivity contribution is 5.62. The van der Waals surface area contributed by atoms with Crippen LogP contribution in [0.15, 0.2) is 18.2 Å². The van der Waals surface area contributed by atoms with Gasteiger partial charge in [-0.05, 0) is 24.5 Å². The second kappa shape index (κ2) is 4.53. The number of rotatable bonds is 3. The second-order valence-corrected chi connectivity index (χ2v) is 3.86. The number of aryl methyl sites for hydroxylation is 1. The smallest absolute Gasteiger partial charge is 0.145 e. The quantitative estimate of drug-likeness (QED) is 0.814. The van der Waals surface area contributed by atoms with Gasteiger partial charge >= 0.3 is 0 Å². The molecule has 15 heavy (non-hydrogen) atoms. The van der Waals surface area contributed by atoms with E-state index < -0.39 is 0 Å². The number of aliphatic hydroxyl groups excluding tert-OH is 1. The van der Waals surface area contributed by atoms with Gasteiger partial charge in [-0.15, -0.1) is 0 Å². The fourth-order valence-electron chi connectivity index (χ4n) is 1.91. The molecule has 0 spiro atoms. The van der Waals surface area contributed by atoms with Crippen LogP contribution < -0.4 is 9.64 Å². The molecule has 0 radical (unpaired) electrons. The molecule has 0 bridgehead atoms. The summed E-state index contributed by atoms with van der Waals surface area (Å²) in [5, 5.41) is 8.83. The van der Waals surface area contributed by atoms with Crippen molar-refractivity contribution in [2.45, 2.75) is 12.8 Å². The first-order chi connectivity index (χ1) is 7.33. The summed E-state index contributed by atoms with van der Waals surface area (Å²) in [6, 6.07) is 6.21. The van der Waals surface area contributed by atoms with Crippen LogP contribution in [0.4, 0.5) is 5.69 Å². The lowest BCUT2D eigenvalue weighted by atomic mass is 10.1. The van der Waals surface area contributed by atoms with Crippen molar-refractivity contribution >= 4 is 5.69 Å². The third kappa shape index (κ3) is 2.07. The predicted octanol–water partition coefficient (Wildman–Crippen LogP) is 1.44. The Labute approximate surface area is 90.3 Å². The Bertz CT molecular complexity index is 338. The zero-order chi connectivity index (χ0) is 10.7. The van der Waals surface area contributed by atoms with Gasteiger partial charge in [-0.1, -0.05) is 12.1 Å². The predicted molar refractivity (Wildman–Crippen MR) is 60.6 cm³/mol. The van der Waals surface area contributed by atoms with Gasteiger partial charge in [0.15, 0.2) is 0 Å². The molecule has 0 aromatic heterocycles. The van der Waals surface area contributed by atoms with Gasteiger partial charge in [-0.25, -0.2) is 0 Å². The SMILES string of the molecule is CN1CCOc2c(CCCO)cccc21. The molecule has 0 atom stereocenters. The number of para-hydroxylation sites is 1. The van der Waals surface area contributed by atoms with Crippen molar-refractivity contribution in [3.63, 3.8) is 0 Å². The van der Waals surface area contributed by atoms with E-state index in [1.54, 1.807) is 0 Å². The number of ether oxygens (including phenoxy) is 1. The Morgan fingerprint density at radius 3 is 3.13 bits per heavy atom. The van der Waals surface area contributed by atoms with Crippen LogP contribution in [0.25, 0.3) is 0 Å². The Morgan fingerprint density at radius 1 is 1.47 bits per heavy atom. The Morgan fingerprint density at radius 2 is 2.33 bits per heavy atom. The first kappa shape index (κ1) is 10.3. The van der Waals surface area contributed by atoms with E-state index >= 15 is 0 Å². The summed E-state index contributed by atoms with van der Waals surface area (Å²) in [5.74, 6) is 1.000. The van der Waals surface area contributed by atoms with Crippen LogP contribution in [0.5, 0.6) is 5.75 Å². The number of nitrogens with zero attached hydrogens (tertiary/aromatic N) is 1. The summed E-state index contributed by atoms with van der Waals surface area (Å²) < 4.78 is 5.70. The van der Waals surface area contributed by atoms with Crippen molar-refractivity contribution in [3.05, 3.63) is 23.8 Å². The standard InChI is InChI=1S/C12H17NO2/c1-13-7-9-15-12-10(5-3-8-14)4-2-6-11(12)13/h2,4,6,14H,3,5,7-9H2,1H3. The minimum absolute atomic E-state index is 0.236. The lowest BCUT2D eigenvalue weighted by Crippen LogP contribution is -2.29. The number of hydrogen-bond donors (Lipinski definition) is 1. The summed E-state index contributed by atoms with van der Waals surface area (Å²) in [4.78, 5) is 2.21. The third-order valence-corrected chi connectivity index (χ3v) is 2.76. The van der Waals surface area contributed by atoms with Crippen LogP contribution in [0.1, 0.15) is 12.0 Å². The average molecular weight is 207 g/mol. The fourth-order valence-corrected chi connectivity index (χ4v) is 1.91. The second-order valence-electron chi connectivity index (χ2n) is 3.86. The number of anilines is 1. The van der Waals surface area contributed by atoms with E-state index in [0.29, 0.717) is 0 Å². The summed E-state index contributed by atoms with van der Waals surface area (Å²) in [7, 11) is 2.08. The van der Waals surface area contributed by atoms with Gasteiger partial charge in [-0.2, -0.15) is 0 Å². The lowest BCUT2D eigenvalue weighted by Gasteiger charge is -2.29. The Kier molecular flexibility index (Phi) is 3.11. The van der Waals surface area contributed by atoms with Gasteiger partial charge in [0.05, 0.1) is 12.2 Å². The van der Waals surface area contributed by atoms with Crippen LogP contribution in [0.3, 0.4) is 0 Å². The summed E-state index contributed by atoms with van der Waals surface area (Å²) in [6.45, 7) is 1.93. The highest BCUT2D eigenvalue weighted by Crippen LogP contribution is 2.34. The molecule has 1 aromatic carbocycles. The number of hydrogen-bond acceptors (Lipinski definition) is 3. The molecule has 1 aliphatic heterocycles. The Balaban J connectivity index is 2.27. The molecule has 1 N–H and O–H groups in total. The lowest BCUT2D eigenvalue weighted by molar-refractivity contribution is 0.284. The van der Waals surface area contributed by atoms with Crippen molar-refractivity contribution in [1.29, 1.82) is 0 Å². The molecule has 3 heteroatoms. The number of likely N-dealkylation sites (N-methyl/N-ethyl adjacent to an activating group) is 1. The van der Waals surface area contributed by atoms with Gasteiger partial charge in [0.2, 0.25) is 0 Å². The zero-order valence-electron chi connectivity index (χ0n) is 9.07. The molecule has 0 unspecified atom stereocenters. The molecule has 82 valence electrons. The summed E-state index contributed by atoms with van der Waals surface area (Å²) in [6.07, 6.45) is 1.68. The monoisotopic (exact) mass is 207 g/mol. The van der Waals surface area contributed by atoms with E-state index in [1.807, 2.05) is 0 Å². The van der Waals surface area contributed by atoms with E-state index in [1.165, 1.54) is 5.56 Å². The fraction of sp³-hybridized carbons (Fsp3) is 0.500. The van der Waals surface area contributed by atoms with E-state index in [0.717, 1.165) is 37.4 Å². The van der Waals surface area contributed by atoms with Crippen molar-refractivity contribution in [3.8, 4) is 5.75 Å². The molecular formula is C12H17NO2. The number of aliphatic hydroxyl groups is 1. The molecule has 1 aromatic rings. The minimum Gasteiger partial charge on any atom is -0.489 e. The van der Waals surface area contributed by atoms with Crippen molar-refractivity contribution in [2.75, 3.05) is 31.7 Å². The van der Waals surface area contributed by atoms with Crippen LogP contribution in [0, 0.1) is 0 Å². The third-order valence-electron chi connectivity index (χ3n) is 2.76. The number of fused-ring (bicyclic) bond motifs is 1. The summed E-state index contributed by atoms with van der Waals surface area (Å²) in [5.41, 5.74) is 2.37.